The van der Waals surface area contributed by atoms with Crippen LogP contribution in [-0.4, -0.2) is 12.5 Å². The molecule has 0 heterocycles. The highest BCUT2D eigenvalue weighted by Crippen LogP contribution is 2.16. The maximum Gasteiger partial charge on any atom is 0.253 e. The molecular weight excluding hydrogens is 248 g/mol. The summed E-state index contributed by atoms with van der Waals surface area (Å²) in [7, 11) is 0. The minimum absolute atomic E-state index is 0.112. The van der Waals surface area contributed by atoms with Crippen LogP contribution in [0.25, 0.3) is 0 Å². The summed E-state index contributed by atoms with van der Waals surface area (Å²) < 4.78 is 0. The summed E-state index contributed by atoms with van der Waals surface area (Å²) in [5.74, 6) is -0.112. The Balaban J connectivity index is 1.94. The van der Waals surface area contributed by atoms with Gasteiger partial charge in [0.15, 0.2) is 0 Å². The molecule has 3 N–H and O–H groups in total. The van der Waals surface area contributed by atoms with Gasteiger partial charge in [0.1, 0.15) is 0 Å². The topological polar surface area (TPSA) is 55.1 Å². The molecule has 0 atom stereocenters. The van der Waals surface area contributed by atoms with Gasteiger partial charge in [-0.25, -0.2) is 0 Å². The average Bonchev–Trinajstić information content (AvgIpc) is 2.42. The molecule has 0 aliphatic heterocycles. The highest BCUT2D eigenvalue weighted by Gasteiger charge is 2.09. The van der Waals surface area contributed by atoms with Crippen LogP contribution in [0.15, 0.2) is 42.5 Å². The van der Waals surface area contributed by atoms with E-state index in [1.807, 2.05) is 25.1 Å². The van der Waals surface area contributed by atoms with Gasteiger partial charge in [-0.15, -0.1) is 0 Å². The highest BCUT2D eigenvalue weighted by molar-refractivity contribution is 5.99. The van der Waals surface area contributed by atoms with Crippen molar-refractivity contribution >= 4 is 11.6 Å². The third-order valence-corrected chi connectivity index (χ3v) is 3.35. The summed E-state index contributed by atoms with van der Waals surface area (Å²) in [6.07, 6.45) is 0.819. The molecule has 0 saturated carbocycles. The molecule has 1 amide bonds. The molecule has 20 heavy (non-hydrogen) atoms. The number of anilines is 1. The smallest absolute Gasteiger partial charge is 0.253 e. The predicted octanol–water partition coefficient (Wildman–Crippen LogP) is 2.86. The van der Waals surface area contributed by atoms with Crippen molar-refractivity contribution in [1.29, 1.82) is 0 Å². The van der Waals surface area contributed by atoms with Gasteiger partial charge in [-0.05, 0) is 37.5 Å². The van der Waals surface area contributed by atoms with Gasteiger partial charge < -0.3 is 11.1 Å². The van der Waals surface area contributed by atoms with Gasteiger partial charge in [-0.3, -0.25) is 4.79 Å². The van der Waals surface area contributed by atoms with Crippen LogP contribution < -0.4 is 11.1 Å². The molecule has 0 aromatic heterocycles. The van der Waals surface area contributed by atoms with Crippen LogP contribution in [0.5, 0.6) is 0 Å². The Morgan fingerprint density at radius 3 is 2.65 bits per heavy atom. The number of aryl methyl sites for hydroxylation is 2. The van der Waals surface area contributed by atoms with E-state index < -0.39 is 0 Å². The summed E-state index contributed by atoms with van der Waals surface area (Å²) in [6, 6.07) is 13.8. The van der Waals surface area contributed by atoms with Crippen LogP contribution in [0.1, 0.15) is 27.0 Å². The first kappa shape index (κ1) is 14.1. The molecule has 0 aliphatic carbocycles. The molecule has 2 aromatic rings. The summed E-state index contributed by atoms with van der Waals surface area (Å²) in [5.41, 5.74) is 10.4. The average molecular weight is 268 g/mol. The zero-order valence-electron chi connectivity index (χ0n) is 11.9. The lowest BCUT2D eigenvalue weighted by atomic mass is 10.1. The molecule has 0 bridgehead atoms. The fraction of sp³-hybridized carbons (Fsp3) is 0.235. The Kier molecular flexibility index (Phi) is 4.41. The third kappa shape index (κ3) is 3.38. The van der Waals surface area contributed by atoms with Crippen LogP contribution in [0.3, 0.4) is 0 Å². The lowest BCUT2D eigenvalue weighted by Gasteiger charge is -2.09. The minimum Gasteiger partial charge on any atom is -0.398 e. The summed E-state index contributed by atoms with van der Waals surface area (Å²) in [6.45, 7) is 4.57. The summed E-state index contributed by atoms with van der Waals surface area (Å²) in [5, 5.41) is 2.92. The van der Waals surface area contributed by atoms with Gasteiger partial charge in [-0.1, -0.05) is 42.0 Å². The molecule has 2 rings (SSSR count). The second kappa shape index (κ2) is 6.24. The standard InChI is InChI=1S/C17H20N2O/c1-12-5-3-7-14(11-12)9-10-19-17(20)15-8-4-6-13(2)16(15)18/h3-8,11H,9-10,18H2,1-2H3,(H,19,20). The SMILES string of the molecule is Cc1cccc(CCNC(=O)c2cccc(C)c2N)c1. The molecule has 3 nitrogen and oxygen atoms in total. The van der Waals surface area contributed by atoms with Crippen LogP contribution in [0, 0.1) is 13.8 Å². The van der Waals surface area contributed by atoms with Crippen LogP contribution in [-0.2, 0) is 6.42 Å². The van der Waals surface area contributed by atoms with E-state index in [2.05, 4.69) is 30.4 Å². The molecule has 0 saturated heterocycles. The lowest BCUT2D eigenvalue weighted by molar-refractivity contribution is 0.0955. The van der Waals surface area contributed by atoms with E-state index in [1.54, 1.807) is 6.07 Å². The van der Waals surface area contributed by atoms with Gasteiger partial charge in [-0.2, -0.15) is 0 Å². The van der Waals surface area contributed by atoms with E-state index in [0.29, 0.717) is 17.8 Å². The molecule has 3 heteroatoms. The second-order valence-corrected chi connectivity index (χ2v) is 5.03. The normalized spacial score (nSPS) is 10.3. The number of rotatable bonds is 4. The van der Waals surface area contributed by atoms with E-state index in [-0.39, 0.29) is 5.91 Å². The number of amides is 1. The van der Waals surface area contributed by atoms with E-state index in [4.69, 9.17) is 5.73 Å². The van der Waals surface area contributed by atoms with E-state index >= 15 is 0 Å². The van der Waals surface area contributed by atoms with Crippen LogP contribution in [0.2, 0.25) is 0 Å². The Bertz CT molecular complexity index is 620. The van der Waals surface area contributed by atoms with Gasteiger partial charge in [0, 0.05) is 12.2 Å². The molecular formula is C17H20N2O. The number of carbonyl (C=O) groups excluding carboxylic acids is 1. The maximum atomic E-state index is 12.1. The Morgan fingerprint density at radius 1 is 1.15 bits per heavy atom. The monoisotopic (exact) mass is 268 g/mol. The van der Waals surface area contributed by atoms with Gasteiger partial charge in [0.05, 0.1) is 5.56 Å². The van der Waals surface area contributed by atoms with Crippen molar-refractivity contribution in [3.05, 3.63) is 64.7 Å². The highest BCUT2D eigenvalue weighted by atomic mass is 16.1. The number of benzene rings is 2. The lowest BCUT2D eigenvalue weighted by Crippen LogP contribution is -2.26. The number of hydrogen-bond donors (Lipinski definition) is 2. The first-order valence-electron chi connectivity index (χ1n) is 6.77. The van der Waals surface area contributed by atoms with Gasteiger partial charge in [0.25, 0.3) is 5.91 Å². The largest absolute Gasteiger partial charge is 0.398 e. The fourth-order valence-corrected chi connectivity index (χ4v) is 2.16. The van der Waals surface area contributed by atoms with Crippen LogP contribution >= 0.6 is 0 Å². The van der Waals surface area contributed by atoms with Crippen molar-refractivity contribution in [2.45, 2.75) is 20.3 Å². The third-order valence-electron chi connectivity index (χ3n) is 3.35. The van der Waals surface area contributed by atoms with E-state index in [9.17, 15) is 4.79 Å². The fourth-order valence-electron chi connectivity index (χ4n) is 2.16. The Labute approximate surface area is 119 Å². The Morgan fingerprint density at radius 2 is 1.90 bits per heavy atom. The molecule has 0 aliphatic rings. The molecule has 104 valence electrons. The first-order valence-corrected chi connectivity index (χ1v) is 6.77. The Hall–Kier alpha value is -2.29. The minimum atomic E-state index is -0.112. The number of nitrogens with one attached hydrogen (secondary N) is 1. The zero-order chi connectivity index (χ0) is 14.5. The summed E-state index contributed by atoms with van der Waals surface area (Å²) >= 11 is 0. The van der Waals surface area contributed by atoms with Gasteiger partial charge >= 0.3 is 0 Å². The zero-order valence-corrected chi connectivity index (χ0v) is 11.9. The number of nitrogen functional groups attached to an aromatic ring is 1. The maximum absolute atomic E-state index is 12.1. The second-order valence-electron chi connectivity index (χ2n) is 5.03. The van der Waals surface area contributed by atoms with Crippen molar-refractivity contribution in [2.24, 2.45) is 0 Å². The summed E-state index contributed by atoms with van der Waals surface area (Å²) in [4.78, 5) is 12.1. The van der Waals surface area contributed by atoms with Crippen molar-refractivity contribution < 1.29 is 4.79 Å². The van der Waals surface area contributed by atoms with Crippen molar-refractivity contribution in [3.63, 3.8) is 0 Å². The first-order chi connectivity index (χ1) is 9.58. The number of para-hydroxylation sites is 1. The molecule has 0 spiro atoms. The van der Waals surface area contributed by atoms with Gasteiger partial charge in [0.2, 0.25) is 0 Å². The van der Waals surface area contributed by atoms with Crippen molar-refractivity contribution in [3.8, 4) is 0 Å². The predicted molar refractivity (Wildman–Crippen MR) is 82.8 cm³/mol. The molecule has 0 unspecified atom stereocenters. The van der Waals surface area contributed by atoms with E-state index in [0.717, 1.165) is 12.0 Å². The van der Waals surface area contributed by atoms with Crippen molar-refractivity contribution in [2.75, 3.05) is 12.3 Å². The molecule has 2 aromatic carbocycles. The quantitative estimate of drug-likeness (QED) is 0.838. The number of hydrogen-bond acceptors (Lipinski definition) is 2. The van der Waals surface area contributed by atoms with Crippen molar-refractivity contribution in [1.82, 2.24) is 5.32 Å². The van der Waals surface area contributed by atoms with E-state index in [1.165, 1.54) is 11.1 Å². The molecule has 0 radical (unpaired) electrons. The number of nitrogens with two attached hydrogens (primary N) is 1. The number of carbonyl (C=O) groups is 1. The van der Waals surface area contributed by atoms with Crippen LogP contribution in [0.4, 0.5) is 5.69 Å². The molecule has 0 fully saturated rings.